The molecule has 2 aromatic rings. The van der Waals surface area contributed by atoms with Gasteiger partial charge in [-0.05, 0) is 42.3 Å². The summed E-state index contributed by atoms with van der Waals surface area (Å²) >= 11 is 9.35. The first-order valence-corrected chi connectivity index (χ1v) is 7.16. The maximum Gasteiger partial charge on any atom is 0.337 e. The summed E-state index contributed by atoms with van der Waals surface area (Å²) in [5.41, 5.74) is 3.10. The second kappa shape index (κ2) is 6.29. The van der Waals surface area contributed by atoms with Crippen LogP contribution in [0.3, 0.4) is 0 Å². The van der Waals surface area contributed by atoms with Crippen molar-refractivity contribution in [1.82, 2.24) is 0 Å². The molecule has 0 heterocycles. The van der Waals surface area contributed by atoms with Crippen molar-refractivity contribution in [3.05, 3.63) is 62.6 Å². The highest BCUT2D eigenvalue weighted by Gasteiger charge is 2.09. The molecule has 0 radical (unpaired) electrons. The zero-order valence-electron chi connectivity index (χ0n) is 10.8. The highest BCUT2D eigenvalue weighted by Crippen LogP contribution is 2.23. The van der Waals surface area contributed by atoms with Gasteiger partial charge >= 0.3 is 5.97 Å². The largest absolute Gasteiger partial charge is 0.478 e. The summed E-state index contributed by atoms with van der Waals surface area (Å²) in [7, 11) is 0. The zero-order valence-corrected chi connectivity index (χ0v) is 13.1. The highest BCUT2D eigenvalue weighted by molar-refractivity contribution is 9.10. The maximum absolute atomic E-state index is 11.0. The molecular weight excluding hydrogens is 342 g/mol. The first kappa shape index (κ1) is 14.9. The van der Waals surface area contributed by atoms with Gasteiger partial charge in [-0.1, -0.05) is 39.7 Å². The topological polar surface area (TPSA) is 49.3 Å². The molecule has 0 unspecified atom stereocenters. The molecule has 0 saturated heterocycles. The van der Waals surface area contributed by atoms with E-state index in [4.69, 9.17) is 16.7 Å². The molecule has 3 nitrogen and oxygen atoms in total. The molecule has 2 N–H and O–H groups in total. The van der Waals surface area contributed by atoms with E-state index in [9.17, 15) is 4.79 Å². The average molecular weight is 355 g/mol. The van der Waals surface area contributed by atoms with Crippen molar-refractivity contribution >= 4 is 39.2 Å². The van der Waals surface area contributed by atoms with Gasteiger partial charge in [-0.2, -0.15) is 0 Å². The van der Waals surface area contributed by atoms with Gasteiger partial charge in [0.25, 0.3) is 0 Å². The van der Waals surface area contributed by atoms with E-state index < -0.39 is 5.97 Å². The van der Waals surface area contributed by atoms with Gasteiger partial charge in [-0.15, -0.1) is 0 Å². The van der Waals surface area contributed by atoms with Gasteiger partial charge in [0.1, 0.15) is 0 Å². The monoisotopic (exact) mass is 353 g/mol. The molecule has 0 bridgehead atoms. The van der Waals surface area contributed by atoms with Crippen molar-refractivity contribution in [1.29, 1.82) is 0 Å². The van der Waals surface area contributed by atoms with Gasteiger partial charge < -0.3 is 10.4 Å². The van der Waals surface area contributed by atoms with Gasteiger partial charge in [-0.3, -0.25) is 0 Å². The van der Waals surface area contributed by atoms with Crippen molar-refractivity contribution in [3.8, 4) is 0 Å². The van der Waals surface area contributed by atoms with Gasteiger partial charge in [-0.25, -0.2) is 4.79 Å². The average Bonchev–Trinajstić information content (AvgIpc) is 2.39. The first-order valence-electron chi connectivity index (χ1n) is 5.99. The van der Waals surface area contributed by atoms with E-state index in [1.165, 1.54) is 11.6 Å². The second-order valence-corrected chi connectivity index (χ2v) is 5.71. The van der Waals surface area contributed by atoms with E-state index in [-0.39, 0.29) is 10.6 Å². The lowest BCUT2D eigenvalue weighted by Crippen LogP contribution is -2.03. The number of carboxylic acids is 1. The van der Waals surface area contributed by atoms with Gasteiger partial charge in [0.15, 0.2) is 0 Å². The van der Waals surface area contributed by atoms with Crippen LogP contribution in [0.2, 0.25) is 5.02 Å². The zero-order chi connectivity index (χ0) is 14.7. The van der Waals surface area contributed by atoms with Crippen LogP contribution in [-0.4, -0.2) is 11.1 Å². The van der Waals surface area contributed by atoms with Crippen LogP contribution in [0.25, 0.3) is 0 Å². The molecule has 0 saturated carbocycles. The summed E-state index contributed by atoms with van der Waals surface area (Å²) in [5, 5.41) is 12.5. The summed E-state index contributed by atoms with van der Waals surface area (Å²) in [4.78, 5) is 11.0. The van der Waals surface area contributed by atoms with E-state index in [1.807, 2.05) is 25.1 Å². The Morgan fingerprint density at radius 3 is 2.70 bits per heavy atom. The standard InChI is InChI=1S/C15H13BrClNO2/c1-9-2-3-10(13(16)6-9)8-18-11-4-5-14(17)12(7-11)15(19)20/h2-7,18H,8H2,1H3,(H,19,20). The van der Waals surface area contributed by atoms with E-state index in [0.29, 0.717) is 6.54 Å². The van der Waals surface area contributed by atoms with Gasteiger partial charge in [0, 0.05) is 16.7 Å². The first-order chi connectivity index (χ1) is 9.47. The second-order valence-electron chi connectivity index (χ2n) is 4.45. The Morgan fingerprint density at radius 2 is 2.05 bits per heavy atom. The molecule has 5 heteroatoms. The summed E-state index contributed by atoms with van der Waals surface area (Å²) < 4.78 is 1.03. The van der Waals surface area contributed by atoms with Crippen molar-refractivity contribution in [2.45, 2.75) is 13.5 Å². The summed E-state index contributed by atoms with van der Waals surface area (Å²) in [6.07, 6.45) is 0. The Kier molecular flexibility index (Phi) is 4.68. The normalized spacial score (nSPS) is 10.3. The molecule has 2 aromatic carbocycles. The third kappa shape index (κ3) is 3.52. The number of carbonyl (C=O) groups is 1. The molecule has 0 amide bonds. The van der Waals surface area contributed by atoms with Crippen LogP contribution in [-0.2, 0) is 6.54 Å². The van der Waals surface area contributed by atoms with E-state index in [2.05, 4.69) is 21.2 Å². The Labute approximate surface area is 130 Å². The van der Waals surface area contributed by atoms with Crippen LogP contribution < -0.4 is 5.32 Å². The number of hydrogen-bond donors (Lipinski definition) is 2. The van der Waals surface area contributed by atoms with E-state index in [1.54, 1.807) is 12.1 Å². The smallest absolute Gasteiger partial charge is 0.337 e. The quantitative estimate of drug-likeness (QED) is 0.835. The van der Waals surface area contributed by atoms with Crippen LogP contribution in [0.4, 0.5) is 5.69 Å². The lowest BCUT2D eigenvalue weighted by Gasteiger charge is -2.10. The fourth-order valence-electron chi connectivity index (χ4n) is 1.79. The fourth-order valence-corrected chi connectivity index (χ4v) is 2.62. The Hall–Kier alpha value is -1.52. The Morgan fingerprint density at radius 1 is 1.30 bits per heavy atom. The third-order valence-corrected chi connectivity index (χ3v) is 3.96. The molecule has 104 valence electrons. The summed E-state index contributed by atoms with van der Waals surface area (Å²) in [6, 6.07) is 11.0. The Bertz CT molecular complexity index is 658. The third-order valence-electron chi connectivity index (χ3n) is 2.89. The molecule has 0 spiro atoms. The predicted molar refractivity (Wildman–Crippen MR) is 84.6 cm³/mol. The van der Waals surface area contributed by atoms with Crippen LogP contribution in [0.1, 0.15) is 21.5 Å². The number of nitrogens with one attached hydrogen (secondary N) is 1. The minimum atomic E-state index is -1.03. The van der Waals surface area contributed by atoms with Crippen molar-refractivity contribution in [2.75, 3.05) is 5.32 Å². The number of carboxylic acid groups (broad SMARTS) is 1. The predicted octanol–water partition coefficient (Wildman–Crippen LogP) is 4.72. The lowest BCUT2D eigenvalue weighted by molar-refractivity contribution is 0.0697. The maximum atomic E-state index is 11.0. The van der Waals surface area contributed by atoms with Crippen molar-refractivity contribution < 1.29 is 9.90 Å². The molecule has 0 fully saturated rings. The lowest BCUT2D eigenvalue weighted by atomic mass is 10.1. The minimum absolute atomic E-state index is 0.0969. The fraction of sp³-hybridized carbons (Fsp3) is 0.133. The molecule has 0 aliphatic rings. The number of benzene rings is 2. The molecule has 20 heavy (non-hydrogen) atoms. The number of aryl methyl sites for hydroxylation is 1. The van der Waals surface area contributed by atoms with Crippen LogP contribution in [0, 0.1) is 6.92 Å². The van der Waals surface area contributed by atoms with E-state index >= 15 is 0 Å². The van der Waals surface area contributed by atoms with Crippen LogP contribution >= 0.6 is 27.5 Å². The van der Waals surface area contributed by atoms with Gasteiger partial charge in [0.05, 0.1) is 10.6 Å². The van der Waals surface area contributed by atoms with Crippen molar-refractivity contribution in [2.24, 2.45) is 0 Å². The number of aromatic carboxylic acids is 1. The minimum Gasteiger partial charge on any atom is -0.478 e. The Balaban J connectivity index is 2.15. The number of anilines is 1. The van der Waals surface area contributed by atoms with E-state index in [0.717, 1.165) is 15.7 Å². The number of hydrogen-bond acceptors (Lipinski definition) is 2. The molecular formula is C15H13BrClNO2. The van der Waals surface area contributed by atoms with Gasteiger partial charge in [0.2, 0.25) is 0 Å². The molecule has 0 aromatic heterocycles. The molecule has 0 aliphatic heterocycles. The van der Waals surface area contributed by atoms with Crippen LogP contribution in [0.5, 0.6) is 0 Å². The summed E-state index contributed by atoms with van der Waals surface area (Å²) in [6.45, 7) is 2.63. The SMILES string of the molecule is Cc1ccc(CNc2ccc(Cl)c(C(=O)O)c2)c(Br)c1. The number of rotatable bonds is 4. The molecule has 0 aliphatic carbocycles. The molecule has 0 atom stereocenters. The molecule has 2 rings (SSSR count). The van der Waals surface area contributed by atoms with Crippen LogP contribution in [0.15, 0.2) is 40.9 Å². The highest BCUT2D eigenvalue weighted by atomic mass is 79.9. The summed E-state index contributed by atoms with van der Waals surface area (Å²) in [5.74, 6) is -1.03. The number of halogens is 2. The van der Waals surface area contributed by atoms with Crippen molar-refractivity contribution in [3.63, 3.8) is 0 Å².